The van der Waals surface area contributed by atoms with Crippen molar-refractivity contribution in [2.24, 2.45) is 5.92 Å². The van der Waals surface area contributed by atoms with Gasteiger partial charge in [-0.1, -0.05) is 29.8 Å². The van der Waals surface area contributed by atoms with Crippen molar-refractivity contribution in [1.82, 2.24) is 9.88 Å². The van der Waals surface area contributed by atoms with Gasteiger partial charge in [-0.15, -0.1) is 0 Å². The number of urea groups is 1. The molecule has 2 amide bonds. The average Bonchev–Trinajstić information content (AvgIpc) is 2.81. The minimum Gasteiger partial charge on any atom is -0.393 e. The van der Waals surface area contributed by atoms with Crippen LogP contribution in [0.25, 0.3) is 10.8 Å². The third kappa shape index (κ3) is 5.20. The molecule has 4 rings (SSSR count). The number of aromatic amines is 1. The third-order valence-electron chi connectivity index (χ3n) is 6.46. The van der Waals surface area contributed by atoms with Crippen LogP contribution in [0.1, 0.15) is 44.2 Å². The summed E-state index contributed by atoms with van der Waals surface area (Å²) in [7, 11) is 0. The molecule has 6 nitrogen and oxygen atoms in total. The second-order valence-electron chi connectivity index (χ2n) is 8.68. The first-order valence-corrected chi connectivity index (χ1v) is 11.5. The molecule has 33 heavy (non-hydrogen) atoms. The van der Waals surface area contributed by atoms with Crippen LogP contribution in [0.5, 0.6) is 0 Å². The Bertz CT molecular complexity index is 1210. The van der Waals surface area contributed by atoms with Crippen molar-refractivity contribution in [3.8, 4) is 0 Å². The first-order chi connectivity index (χ1) is 15.8. The van der Waals surface area contributed by atoms with Crippen LogP contribution in [0.2, 0.25) is 5.02 Å². The van der Waals surface area contributed by atoms with Gasteiger partial charge >= 0.3 is 6.03 Å². The van der Waals surface area contributed by atoms with Crippen molar-refractivity contribution in [2.45, 2.75) is 44.8 Å². The standard InChI is InChI=1S/C25H27ClFN3O3/c1-15(21-13-28-24(32)20-5-3-2-4-19(20)21)30(14-16-6-9-18(31)10-7-16)25(33)29-17-8-11-23(27)22(26)12-17/h2-5,8,11-13,15-16,18,31H,6-7,9-10,14H2,1H3,(H,28,32)(H,29,33). The van der Waals surface area contributed by atoms with Crippen LogP contribution in [0.15, 0.2) is 53.5 Å². The van der Waals surface area contributed by atoms with Crippen LogP contribution in [-0.4, -0.2) is 33.7 Å². The second-order valence-corrected chi connectivity index (χ2v) is 9.09. The molecule has 1 aliphatic rings. The number of carbonyl (C=O) groups is 1. The van der Waals surface area contributed by atoms with Gasteiger partial charge in [0.1, 0.15) is 5.82 Å². The van der Waals surface area contributed by atoms with E-state index in [9.17, 15) is 19.1 Å². The number of pyridine rings is 1. The number of carbonyl (C=O) groups excluding carboxylic acids is 1. The summed E-state index contributed by atoms with van der Waals surface area (Å²) in [5.41, 5.74) is 1.04. The van der Waals surface area contributed by atoms with Crippen LogP contribution in [0.4, 0.5) is 14.9 Å². The molecule has 1 atom stereocenters. The number of benzene rings is 2. The number of aliphatic hydroxyl groups is 1. The number of rotatable bonds is 5. The number of halogens is 2. The molecule has 1 fully saturated rings. The lowest BCUT2D eigenvalue weighted by Crippen LogP contribution is -2.41. The molecule has 1 saturated carbocycles. The summed E-state index contributed by atoms with van der Waals surface area (Å²) in [6.07, 6.45) is 4.45. The molecule has 1 heterocycles. The molecule has 1 unspecified atom stereocenters. The van der Waals surface area contributed by atoms with Crippen molar-refractivity contribution in [3.63, 3.8) is 0 Å². The first kappa shape index (κ1) is 23.3. The number of hydrogen-bond acceptors (Lipinski definition) is 3. The molecular formula is C25H27ClFN3O3. The molecule has 0 spiro atoms. The minimum absolute atomic E-state index is 0.0692. The Morgan fingerprint density at radius 3 is 2.61 bits per heavy atom. The molecule has 0 bridgehead atoms. The van der Waals surface area contributed by atoms with Crippen molar-refractivity contribution in [1.29, 1.82) is 0 Å². The van der Waals surface area contributed by atoms with Gasteiger partial charge in [-0.3, -0.25) is 4.79 Å². The average molecular weight is 472 g/mol. The van der Waals surface area contributed by atoms with Gasteiger partial charge < -0.3 is 20.3 Å². The quantitative estimate of drug-likeness (QED) is 0.461. The Balaban J connectivity index is 1.66. The van der Waals surface area contributed by atoms with E-state index in [2.05, 4.69) is 10.3 Å². The van der Waals surface area contributed by atoms with E-state index >= 15 is 0 Å². The van der Waals surface area contributed by atoms with Crippen LogP contribution < -0.4 is 10.9 Å². The van der Waals surface area contributed by atoms with Gasteiger partial charge in [-0.2, -0.15) is 0 Å². The van der Waals surface area contributed by atoms with E-state index in [1.54, 1.807) is 17.2 Å². The van der Waals surface area contributed by atoms with Gasteiger partial charge in [-0.25, -0.2) is 9.18 Å². The largest absolute Gasteiger partial charge is 0.393 e. The molecule has 3 N–H and O–H groups in total. The van der Waals surface area contributed by atoms with Crippen LogP contribution in [0.3, 0.4) is 0 Å². The topological polar surface area (TPSA) is 85.4 Å². The lowest BCUT2D eigenvalue weighted by atomic mass is 9.86. The summed E-state index contributed by atoms with van der Waals surface area (Å²) in [5.74, 6) is -0.312. The lowest BCUT2D eigenvalue weighted by Gasteiger charge is -2.35. The zero-order chi connectivity index (χ0) is 23.5. The summed E-state index contributed by atoms with van der Waals surface area (Å²) in [6, 6.07) is 10.7. The highest BCUT2D eigenvalue weighted by Crippen LogP contribution is 2.31. The number of nitrogens with zero attached hydrogens (tertiary/aromatic N) is 1. The second kappa shape index (κ2) is 9.93. The summed E-state index contributed by atoms with van der Waals surface area (Å²) in [5, 5.41) is 14.0. The number of anilines is 1. The molecule has 3 aromatic rings. The molecule has 2 aromatic carbocycles. The zero-order valence-electron chi connectivity index (χ0n) is 18.4. The number of aromatic nitrogens is 1. The number of aliphatic hydroxyl groups excluding tert-OH is 1. The van der Waals surface area contributed by atoms with E-state index in [1.807, 2.05) is 25.1 Å². The number of nitrogens with one attached hydrogen (secondary N) is 2. The molecule has 8 heteroatoms. The molecule has 1 aliphatic carbocycles. The van der Waals surface area contributed by atoms with E-state index in [0.717, 1.165) is 23.8 Å². The van der Waals surface area contributed by atoms with E-state index in [1.165, 1.54) is 18.2 Å². The summed E-state index contributed by atoms with van der Waals surface area (Å²) >= 11 is 5.89. The van der Waals surface area contributed by atoms with Gasteiger partial charge in [0.05, 0.1) is 17.2 Å². The van der Waals surface area contributed by atoms with Gasteiger partial charge in [0.15, 0.2) is 0 Å². The number of hydrogen-bond donors (Lipinski definition) is 3. The lowest BCUT2D eigenvalue weighted by molar-refractivity contribution is 0.0939. The van der Waals surface area contributed by atoms with E-state index in [4.69, 9.17) is 11.6 Å². The Morgan fingerprint density at radius 1 is 1.21 bits per heavy atom. The predicted molar refractivity (Wildman–Crippen MR) is 128 cm³/mol. The highest BCUT2D eigenvalue weighted by atomic mass is 35.5. The molecule has 0 aliphatic heterocycles. The first-order valence-electron chi connectivity index (χ1n) is 11.1. The normalized spacial score (nSPS) is 19.3. The smallest absolute Gasteiger partial charge is 0.322 e. The van der Waals surface area contributed by atoms with Crippen molar-refractivity contribution in [2.75, 3.05) is 11.9 Å². The van der Waals surface area contributed by atoms with E-state index < -0.39 is 5.82 Å². The predicted octanol–water partition coefficient (Wildman–Crippen LogP) is 5.47. The fourth-order valence-corrected chi connectivity index (χ4v) is 4.72. The zero-order valence-corrected chi connectivity index (χ0v) is 19.1. The van der Waals surface area contributed by atoms with E-state index in [-0.39, 0.29) is 34.7 Å². The minimum atomic E-state index is -0.555. The Kier molecular flexibility index (Phi) is 7.00. The molecule has 0 radical (unpaired) electrons. The molecular weight excluding hydrogens is 445 g/mol. The Labute approximate surface area is 196 Å². The SMILES string of the molecule is CC(c1c[nH]c(=O)c2ccccc12)N(CC1CCC(O)CC1)C(=O)Nc1ccc(F)c(Cl)c1. The maximum Gasteiger partial charge on any atom is 0.322 e. The highest BCUT2D eigenvalue weighted by molar-refractivity contribution is 6.31. The number of amides is 2. The molecule has 1 aromatic heterocycles. The van der Waals surface area contributed by atoms with Gasteiger partial charge in [0.2, 0.25) is 0 Å². The van der Waals surface area contributed by atoms with Crippen LogP contribution in [-0.2, 0) is 0 Å². The molecule has 0 saturated heterocycles. The molecule has 174 valence electrons. The third-order valence-corrected chi connectivity index (χ3v) is 6.75. The Hall–Kier alpha value is -2.90. The van der Waals surface area contributed by atoms with E-state index in [0.29, 0.717) is 30.5 Å². The monoisotopic (exact) mass is 471 g/mol. The number of H-pyrrole nitrogens is 1. The fourth-order valence-electron chi connectivity index (χ4n) is 4.54. The summed E-state index contributed by atoms with van der Waals surface area (Å²) in [6.45, 7) is 2.41. The summed E-state index contributed by atoms with van der Waals surface area (Å²) in [4.78, 5) is 30.2. The Morgan fingerprint density at radius 2 is 1.91 bits per heavy atom. The maximum atomic E-state index is 13.6. The van der Waals surface area contributed by atoms with Crippen molar-refractivity contribution < 1.29 is 14.3 Å². The maximum absolute atomic E-state index is 13.6. The summed E-state index contributed by atoms with van der Waals surface area (Å²) < 4.78 is 13.6. The van der Waals surface area contributed by atoms with Crippen molar-refractivity contribution >= 4 is 34.1 Å². The van der Waals surface area contributed by atoms with Crippen LogP contribution >= 0.6 is 11.6 Å². The fraction of sp³-hybridized carbons (Fsp3) is 0.360. The van der Waals surface area contributed by atoms with Gasteiger partial charge in [0.25, 0.3) is 5.56 Å². The van der Waals surface area contributed by atoms with Gasteiger partial charge in [-0.05, 0) is 73.7 Å². The van der Waals surface area contributed by atoms with Crippen molar-refractivity contribution in [3.05, 3.63) is 75.4 Å². The van der Waals surface area contributed by atoms with Gasteiger partial charge in [0, 0.05) is 23.8 Å². The van der Waals surface area contributed by atoms with Crippen LogP contribution in [0, 0.1) is 11.7 Å². The highest BCUT2D eigenvalue weighted by Gasteiger charge is 2.29. The number of fused-ring (bicyclic) bond motifs is 1.